The molecule has 6 bridgehead atoms. The Morgan fingerprint density at radius 3 is 2.37 bits per heavy atom. The third-order valence-corrected chi connectivity index (χ3v) is 9.13. The number of carbonyl (C=O) groups is 1. The van der Waals surface area contributed by atoms with E-state index in [1.807, 2.05) is 6.33 Å². The number of fused-ring (bicyclic) bond motifs is 5. The van der Waals surface area contributed by atoms with Crippen LogP contribution in [0.2, 0.25) is 0 Å². The first-order valence-corrected chi connectivity index (χ1v) is 10.9. The average molecular weight is 368 g/mol. The fourth-order valence-corrected chi connectivity index (χ4v) is 8.65. The van der Waals surface area contributed by atoms with Gasteiger partial charge in [0.25, 0.3) is 0 Å². The Morgan fingerprint density at radius 2 is 1.74 bits per heavy atom. The van der Waals surface area contributed by atoms with Gasteiger partial charge in [-0.05, 0) is 63.2 Å². The number of hydrogen-bond acceptors (Lipinski definition) is 4. The van der Waals surface area contributed by atoms with E-state index in [9.17, 15) is 4.79 Å². The van der Waals surface area contributed by atoms with Crippen molar-refractivity contribution in [2.75, 3.05) is 13.1 Å². The van der Waals surface area contributed by atoms with Gasteiger partial charge in [0.2, 0.25) is 5.91 Å². The molecule has 0 aromatic carbocycles. The van der Waals surface area contributed by atoms with Crippen molar-refractivity contribution >= 4 is 5.91 Å². The van der Waals surface area contributed by atoms with Crippen LogP contribution < -0.4 is 0 Å². The normalized spacial score (nSPS) is 51.9. The molecule has 3 aliphatic heterocycles. The zero-order chi connectivity index (χ0) is 17.8. The zero-order valence-corrected chi connectivity index (χ0v) is 15.8. The Hall–Kier alpha value is -1.43. The fraction of sp³-hybridized carbons (Fsp3) is 0.857. The van der Waals surface area contributed by atoms with Crippen molar-refractivity contribution in [3.8, 4) is 0 Å². The van der Waals surface area contributed by atoms with E-state index in [4.69, 9.17) is 4.74 Å². The lowest BCUT2D eigenvalue weighted by Gasteiger charge is -2.61. The Labute approximate surface area is 159 Å². The maximum absolute atomic E-state index is 13.9. The summed E-state index contributed by atoms with van der Waals surface area (Å²) in [6.45, 7) is 1.89. The summed E-state index contributed by atoms with van der Waals surface area (Å²) in [5, 5.41) is 4.53. The molecule has 1 amide bonds. The second-order valence-electron chi connectivity index (χ2n) is 10.6. The Morgan fingerprint density at radius 1 is 1.04 bits per heavy atom. The molecule has 7 aliphatic rings. The van der Waals surface area contributed by atoms with Gasteiger partial charge in [-0.3, -0.25) is 4.79 Å². The highest BCUT2D eigenvalue weighted by Crippen LogP contribution is 2.65. The van der Waals surface area contributed by atoms with Gasteiger partial charge in [0, 0.05) is 24.9 Å². The highest BCUT2D eigenvalue weighted by molar-refractivity contribution is 5.84. The monoisotopic (exact) mass is 368 g/mol. The Balaban J connectivity index is 1.21. The van der Waals surface area contributed by atoms with E-state index in [0.717, 1.165) is 32.4 Å². The van der Waals surface area contributed by atoms with E-state index < -0.39 is 0 Å². The summed E-state index contributed by atoms with van der Waals surface area (Å²) < 4.78 is 8.24. The van der Waals surface area contributed by atoms with E-state index in [2.05, 4.69) is 19.7 Å². The minimum Gasteiger partial charge on any atom is -0.374 e. The van der Waals surface area contributed by atoms with Gasteiger partial charge in [0.1, 0.15) is 12.7 Å². The molecular weight excluding hydrogens is 340 g/mol. The standard InChI is InChI=1S/C21H28N4O2/c26-19(24-8-15-16(9-24)18-2-1-17(15)27-18)20-4-13-3-14(5-20)7-21(6-13,10-20)25-12-22-11-23-25/h11-18H,1-10H2/t13?,14?,15-,16+,17+,18-,20?,21?. The summed E-state index contributed by atoms with van der Waals surface area (Å²) in [6, 6.07) is 0. The van der Waals surface area contributed by atoms with Gasteiger partial charge in [-0.25, -0.2) is 9.67 Å². The molecule has 6 nitrogen and oxygen atoms in total. The van der Waals surface area contributed by atoms with Crippen LogP contribution in [0.25, 0.3) is 0 Å². The predicted octanol–water partition coefficient (Wildman–Crippen LogP) is 2.21. The van der Waals surface area contributed by atoms with E-state index in [-0.39, 0.29) is 11.0 Å². The largest absolute Gasteiger partial charge is 0.374 e. The number of ether oxygens (including phenoxy) is 1. The molecular formula is C21H28N4O2. The minimum atomic E-state index is -0.144. The highest BCUT2D eigenvalue weighted by Gasteiger charge is 2.63. The van der Waals surface area contributed by atoms with Gasteiger partial charge >= 0.3 is 0 Å². The highest BCUT2D eigenvalue weighted by atomic mass is 16.5. The van der Waals surface area contributed by atoms with E-state index in [0.29, 0.717) is 41.8 Å². The first kappa shape index (κ1) is 15.5. The first-order valence-electron chi connectivity index (χ1n) is 10.9. The molecule has 4 heterocycles. The Bertz CT molecular complexity index is 760. The molecule has 7 fully saturated rings. The third-order valence-electron chi connectivity index (χ3n) is 9.13. The van der Waals surface area contributed by atoms with Crippen LogP contribution in [0.15, 0.2) is 12.7 Å². The van der Waals surface area contributed by atoms with Crippen molar-refractivity contribution < 1.29 is 9.53 Å². The lowest BCUT2D eigenvalue weighted by atomic mass is 9.46. The molecule has 8 rings (SSSR count). The van der Waals surface area contributed by atoms with Crippen molar-refractivity contribution in [3.63, 3.8) is 0 Å². The second-order valence-corrected chi connectivity index (χ2v) is 10.6. The number of likely N-dealkylation sites (tertiary alicyclic amines) is 1. The lowest BCUT2D eigenvalue weighted by Crippen LogP contribution is -2.61. The second kappa shape index (κ2) is 4.94. The summed E-state index contributed by atoms with van der Waals surface area (Å²) in [5.74, 6) is 3.04. The number of rotatable bonds is 2. The zero-order valence-electron chi connectivity index (χ0n) is 15.8. The van der Waals surface area contributed by atoms with Crippen molar-refractivity contribution in [3.05, 3.63) is 12.7 Å². The number of carbonyl (C=O) groups excluding carboxylic acids is 1. The van der Waals surface area contributed by atoms with Gasteiger partial charge < -0.3 is 9.64 Å². The summed E-state index contributed by atoms with van der Waals surface area (Å²) in [4.78, 5) is 20.4. The van der Waals surface area contributed by atoms with E-state index >= 15 is 0 Å². The van der Waals surface area contributed by atoms with Gasteiger partial charge in [-0.2, -0.15) is 5.10 Å². The molecule has 1 aromatic rings. The third kappa shape index (κ3) is 1.93. The van der Waals surface area contributed by atoms with Crippen LogP contribution in [0, 0.1) is 29.1 Å². The smallest absolute Gasteiger partial charge is 0.228 e. The topological polar surface area (TPSA) is 60.2 Å². The van der Waals surface area contributed by atoms with Crippen LogP contribution in [-0.4, -0.2) is 50.9 Å². The number of nitrogens with zero attached hydrogens (tertiary/aromatic N) is 4. The van der Waals surface area contributed by atoms with Crippen molar-refractivity contribution in [2.45, 2.75) is 69.1 Å². The molecule has 6 heteroatoms. The summed E-state index contributed by atoms with van der Waals surface area (Å²) in [5.41, 5.74) is -0.109. The summed E-state index contributed by atoms with van der Waals surface area (Å²) >= 11 is 0. The molecule has 4 aliphatic carbocycles. The molecule has 0 spiro atoms. The fourth-order valence-electron chi connectivity index (χ4n) is 8.65. The average Bonchev–Trinajstić information content (AvgIpc) is 3.42. The number of amides is 1. The molecule has 6 atom stereocenters. The van der Waals surface area contributed by atoms with Crippen molar-refractivity contribution in [1.29, 1.82) is 0 Å². The maximum Gasteiger partial charge on any atom is 0.228 e. The SMILES string of the molecule is O=C(N1C[C@@H]2[C@H](C1)[C@H]1CC[C@@H]2O1)C12CC3CC(C1)CC(n1cncn1)(C3)C2. The lowest BCUT2D eigenvalue weighted by molar-refractivity contribution is -0.166. The van der Waals surface area contributed by atoms with Gasteiger partial charge in [-0.1, -0.05) is 0 Å². The van der Waals surface area contributed by atoms with Crippen LogP contribution in [0.4, 0.5) is 0 Å². The first-order chi connectivity index (χ1) is 13.1. The van der Waals surface area contributed by atoms with Crippen LogP contribution in [0.5, 0.6) is 0 Å². The van der Waals surface area contributed by atoms with Gasteiger partial charge in [-0.15, -0.1) is 0 Å². The van der Waals surface area contributed by atoms with Crippen LogP contribution in [-0.2, 0) is 15.1 Å². The Kier molecular flexibility index (Phi) is 2.83. The molecule has 2 unspecified atom stereocenters. The molecule has 4 saturated carbocycles. The molecule has 144 valence electrons. The van der Waals surface area contributed by atoms with Crippen LogP contribution >= 0.6 is 0 Å². The molecule has 27 heavy (non-hydrogen) atoms. The summed E-state index contributed by atoms with van der Waals surface area (Å²) in [6.07, 6.45) is 13.7. The number of aromatic nitrogens is 3. The van der Waals surface area contributed by atoms with Crippen molar-refractivity contribution in [2.24, 2.45) is 29.1 Å². The summed E-state index contributed by atoms with van der Waals surface area (Å²) in [7, 11) is 0. The van der Waals surface area contributed by atoms with Crippen LogP contribution in [0.1, 0.15) is 51.4 Å². The molecule has 0 radical (unpaired) electrons. The number of hydrogen-bond donors (Lipinski definition) is 0. The quantitative estimate of drug-likeness (QED) is 0.803. The maximum atomic E-state index is 13.9. The van der Waals surface area contributed by atoms with Gasteiger partial charge in [0.05, 0.1) is 23.2 Å². The minimum absolute atomic E-state index is 0.0357. The van der Waals surface area contributed by atoms with E-state index in [1.54, 1.807) is 6.33 Å². The molecule has 1 aromatic heterocycles. The molecule has 3 saturated heterocycles. The van der Waals surface area contributed by atoms with Gasteiger partial charge in [0.15, 0.2) is 0 Å². The van der Waals surface area contributed by atoms with Crippen LogP contribution in [0.3, 0.4) is 0 Å². The van der Waals surface area contributed by atoms with E-state index in [1.165, 1.54) is 32.1 Å². The predicted molar refractivity (Wildman–Crippen MR) is 96.6 cm³/mol. The molecule has 0 N–H and O–H groups in total. The van der Waals surface area contributed by atoms with Crippen molar-refractivity contribution in [1.82, 2.24) is 19.7 Å².